The lowest BCUT2D eigenvalue weighted by Crippen LogP contribution is -2.39. The number of nitrogens with one attached hydrogen (secondary N) is 1. The highest BCUT2D eigenvalue weighted by molar-refractivity contribution is 14.1. The molecule has 0 bridgehead atoms. The minimum atomic E-state index is -0.0256. The molecule has 1 aromatic carbocycles. The fourth-order valence-electron chi connectivity index (χ4n) is 1.32. The van der Waals surface area contributed by atoms with Crippen molar-refractivity contribution in [2.75, 3.05) is 4.43 Å². The Bertz CT molecular complexity index is 389. The van der Waals surface area contributed by atoms with Crippen LogP contribution in [-0.2, 0) is 0 Å². The van der Waals surface area contributed by atoms with Crippen LogP contribution in [0.25, 0.3) is 0 Å². The lowest BCUT2D eigenvalue weighted by atomic mass is 10.1. The van der Waals surface area contributed by atoms with E-state index in [9.17, 15) is 4.79 Å². The number of halogens is 3. The predicted molar refractivity (Wildman–Crippen MR) is 86.8 cm³/mol. The Hall–Kier alpha value is 0.380. The molecule has 0 aliphatic rings. The van der Waals surface area contributed by atoms with E-state index in [-0.39, 0.29) is 11.9 Å². The highest BCUT2D eigenvalue weighted by atomic mass is 127. The van der Waals surface area contributed by atoms with Crippen molar-refractivity contribution in [1.29, 1.82) is 0 Å². The Morgan fingerprint density at radius 1 is 1.29 bits per heavy atom. The van der Waals surface area contributed by atoms with Crippen LogP contribution in [0.15, 0.2) is 27.1 Å². The zero-order valence-electron chi connectivity index (χ0n) is 9.64. The minimum absolute atomic E-state index is 0.0256. The summed E-state index contributed by atoms with van der Waals surface area (Å²) in [5.74, 6) is 0.411. The van der Waals surface area contributed by atoms with Crippen LogP contribution < -0.4 is 5.32 Å². The first kappa shape index (κ1) is 15.4. The molecule has 2 nitrogen and oxygen atoms in total. The number of carbonyl (C=O) groups is 1. The molecule has 94 valence electrons. The summed E-state index contributed by atoms with van der Waals surface area (Å²) in [6.45, 7) is 4.22. The van der Waals surface area contributed by atoms with Gasteiger partial charge in [0.25, 0.3) is 5.91 Å². The van der Waals surface area contributed by atoms with Crippen LogP contribution in [0.5, 0.6) is 0 Å². The first-order valence-corrected chi connectivity index (χ1v) is 8.38. The number of amides is 1. The van der Waals surface area contributed by atoms with Crippen molar-refractivity contribution in [3.05, 3.63) is 32.7 Å². The van der Waals surface area contributed by atoms with Crippen molar-refractivity contribution in [2.45, 2.75) is 19.9 Å². The SMILES string of the molecule is CC(C)C(CI)NC(=O)c1cc(Br)cc(Br)c1. The Labute approximate surface area is 132 Å². The molecule has 1 atom stereocenters. The standard InChI is InChI=1S/C12H14Br2INO/c1-7(2)11(6-15)16-12(17)8-3-9(13)5-10(14)4-8/h3-5,7,11H,6H2,1-2H3,(H,16,17). The number of hydrogen-bond acceptors (Lipinski definition) is 1. The molecule has 5 heteroatoms. The molecule has 1 aromatic rings. The second kappa shape index (κ2) is 7.09. The smallest absolute Gasteiger partial charge is 0.251 e. The molecule has 0 heterocycles. The van der Waals surface area contributed by atoms with Gasteiger partial charge in [-0.2, -0.15) is 0 Å². The quantitative estimate of drug-likeness (QED) is 0.508. The van der Waals surface area contributed by atoms with Gasteiger partial charge in [0.15, 0.2) is 0 Å². The third-order valence-corrected chi connectivity index (χ3v) is 4.28. The van der Waals surface area contributed by atoms with Gasteiger partial charge in [0.05, 0.1) is 0 Å². The minimum Gasteiger partial charge on any atom is -0.348 e. The van der Waals surface area contributed by atoms with Crippen molar-refractivity contribution in [1.82, 2.24) is 5.32 Å². The van der Waals surface area contributed by atoms with Crippen molar-refractivity contribution in [2.24, 2.45) is 5.92 Å². The van der Waals surface area contributed by atoms with Gasteiger partial charge in [0.2, 0.25) is 0 Å². The molecule has 1 N–H and O–H groups in total. The van der Waals surface area contributed by atoms with Gasteiger partial charge in [-0.05, 0) is 24.1 Å². The van der Waals surface area contributed by atoms with Gasteiger partial charge in [-0.15, -0.1) is 0 Å². The second-order valence-corrected chi connectivity index (χ2v) is 6.85. The zero-order chi connectivity index (χ0) is 13.0. The summed E-state index contributed by atoms with van der Waals surface area (Å²) >= 11 is 9.06. The Morgan fingerprint density at radius 2 is 1.82 bits per heavy atom. The van der Waals surface area contributed by atoms with Gasteiger partial charge in [-0.3, -0.25) is 4.79 Å². The van der Waals surface area contributed by atoms with E-state index in [0.29, 0.717) is 11.5 Å². The number of benzene rings is 1. The third kappa shape index (κ3) is 4.87. The summed E-state index contributed by atoms with van der Waals surface area (Å²) in [4.78, 5) is 12.1. The number of alkyl halides is 1. The summed E-state index contributed by atoms with van der Waals surface area (Å²) in [7, 11) is 0. The van der Waals surface area contributed by atoms with Crippen molar-refractivity contribution >= 4 is 60.4 Å². The summed E-state index contributed by atoms with van der Waals surface area (Å²) in [5, 5.41) is 3.05. The molecular formula is C12H14Br2INO. The molecule has 1 rings (SSSR count). The average molecular weight is 475 g/mol. The van der Waals surface area contributed by atoms with Crippen molar-refractivity contribution < 1.29 is 4.79 Å². The van der Waals surface area contributed by atoms with E-state index in [2.05, 4.69) is 73.6 Å². The fraction of sp³-hybridized carbons (Fsp3) is 0.417. The molecule has 0 saturated carbocycles. The van der Waals surface area contributed by atoms with E-state index in [1.54, 1.807) is 0 Å². The highest BCUT2D eigenvalue weighted by Gasteiger charge is 2.16. The van der Waals surface area contributed by atoms with Crippen molar-refractivity contribution in [3.8, 4) is 0 Å². The second-order valence-electron chi connectivity index (χ2n) is 4.14. The number of carbonyl (C=O) groups excluding carboxylic acids is 1. The molecule has 1 amide bonds. The van der Waals surface area contributed by atoms with Crippen LogP contribution >= 0.6 is 54.5 Å². The average Bonchev–Trinajstić information content (AvgIpc) is 2.23. The Morgan fingerprint density at radius 3 is 2.24 bits per heavy atom. The molecular weight excluding hydrogens is 461 g/mol. The van der Waals surface area contributed by atoms with Crippen LogP contribution in [0.1, 0.15) is 24.2 Å². The Balaban J connectivity index is 2.82. The van der Waals surface area contributed by atoms with E-state index >= 15 is 0 Å². The normalized spacial score (nSPS) is 12.6. The first-order valence-electron chi connectivity index (χ1n) is 5.27. The molecule has 0 radical (unpaired) electrons. The molecule has 0 fully saturated rings. The topological polar surface area (TPSA) is 29.1 Å². The fourth-order valence-corrected chi connectivity index (χ4v) is 3.85. The maximum absolute atomic E-state index is 12.1. The van der Waals surface area contributed by atoms with E-state index in [0.717, 1.165) is 13.4 Å². The van der Waals surface area contributed by atoms with E-state index in [1.807, 2.05) is 18.2 Å². The van der Waals surface area contributed by atoms with Crippen LogP contribution in [0.4, 0.5) is 0 Å². The van der Waals surface area contributed by atoms with Crippen LogP contribution in [0.3, 0.4) is 0 Å². The first-order chi connectivity index (χ1) is 7.93. The maximum atomic E-state index is 12.1. The van der Waals surface area contributed by atoms with Crippen molar-refractivity contribution in [3.63, 3.8) is 0 Å². The molecule has 0 aliphatic heterocycles. The summed E-state index contributed by atoms with van der Waals surface area (Å²) in [6, 6.07) is 5.77. The zero-order valence-corrected chi connectivity index (χ0v) is 15.0. The van der Waals surface area contributed by atoms with Gasteiger partial charge >= 0.3 is 0 Å². The van der Waals surface area contributed by atoms with Gasteiger partial charge in [-0.25, -0.2) is 0 Å². The van der Waals surface area contributed by atoms with Crippen LogP contribution in [0, 0.1) is 5.92 Å². The van der Waals surface area contributed by atoms with Gasteiger partial charge in [0, 0.05) is 25.0 Å². The van der Waals surface area contributed by atoms with Crippen LogP contribution in [0.2, 0.25) is 0 Å². The molecule has 0 saturated heterocycles. The van der Waals surface area contributed by atoms with E-state index in [4.69, 9.17) is 0 Å². The summed E-state index contributed by atoms with van der Waals surface area (Å²) in [5.41, 5.74) is 0.668. The largest absolute Gasteiger partial charge is 0.348 e. The molecule has 1 unspecified atom stereocenters. The summed E-state index contributed by atoms with van der Waals surface area (Å²) < 4.78 is 2.70. The number of rotatable bonds is 4. The van der Waals surface area contributed by atoms with Gasteiger partial charge in [0.1, 0.15) is 0 Å². The van der Waals surface area contributed by atoms with Gasteiger partial charge in [-0.1, -0.05) is 68.3 Å². The molecule has 0 aliphatic carbocycles. The highest BCUT2D eigenvalue weighted by Crippen LogP contribution is 2.20. The molecule has 17 heavy (non-hydrogen) atoms. The summed E-state index contributed by atoms with van der Waals surface area (Å²) in [6.07, 6.45) is 0. The third-order valence-electron chi connectivity index (χ3n) is 2.41. The Kier molecular flexibility index (Phi) is 6.44. The number of hydrogen-bond donors (Lipinski definition) is 1. The lowest BCUT2D eigenvalue weighted by molar-refractivity contribution is 0.0932. The van der Waals surface area contributed by atoms with Crippen LogP contribution in [-0.4, -0.2) is 16.4 Å². The monoisotopic (exact) mass is 473 g/mol. The molecule has 0 aromatic heterocycles. The van der Waals surface area contributed by atoms with Gasteiger partial charge < -0.3 is 5.32 Å². The van der Waals surface area contributed by atoms with E-state index < -0.39 is 0 Å². The lowest BCUT2D eigenvalue weighted by Gasteiger charge is -2.20. The maximum Gasteiger partial charge on any atom is 0.251 e. The molecule has 0 spiro atoms. The van der Waals surface area contributed by atoms with E-state index in [1.165, 1.54) is 0 Å². The predicted octanol–water partition coefficient (Wildman–Crippen LogP) is 4.40.